The summed E-state index contributed by atoms with van der Waals surface area (Å²) in [5.41, 5.74) is 4.14. The lowest BCUT2D eigenvalue weighted by Gasteiger charge is -2.09. The van der Waals surface area contributed by atoms with Crippen molar-refractivity contribution < 1.29 is 14.3 Å². The fourth-order valence-electron chi connectivity index (χ4n) is 2.11. The molecule has 0 aliphatic carbocycles. The van der Waals surface area contributed by atoms with Gasteiger partial charge in [-0.3, -0.25) is 9.59 Å². The Morgan fingerprint density at radius 2 is 1.93 bits per heavy atom. The monoisotopic (exact) mass is 493 g/mol. The molecule has 140 valence electrons. The highest BCUT2D eigenvalue weighted by molar-refractivity contribution is 9.11. The normalized spacial score (nSPS) is 10.5. The molecule has 2 amide bonds. The minimum absolute atomic E-state index is 0.206. The van der Waals surface area contributed by atoms with E-state index in [0.717, 1.165) is 14.5 Å². The van der Waals surface area contributed by atoms with Gasteiger partial charge in [-0.05, 0) is 67.8 Å². The van der Waals surface area contributed by atoms with E-state index in [9.17, 15) is 9.59 Å². The summed E-state index contributed by atoms with van der Waals surface area (Å²) < 4.78 is 7.04. The number of rotatable bonds is 7. The molecule has 0 aromatic heterocycles. The van der Waals surface area contributed by atoms with Crippen molar-refractivity contribution in [2.75, 3.05) is 11.9 Å². The molecule has 0 saturated carbocycles. The highest BCUT2D eigenvalue weighted by Gasteiger charge is 2.09. The summed E-state index contributed by atoms with van der Waals surface area (Å²) in [6.45, 7) is 5.41. The fourth-order valence-corrected chi connectivity index (χ4v) is 3.56. The third-order valence-electron chi connectivity index (χ3n) is 3.19. The number of nitrogens with zero attached hydrogens (tertiary/aromatic N) is 1. The van der Waals surface area contributed by atoms with E-state index in [1.54, 1.807) is 30.3 Å². The standard InChI is InChI=1S/C19H17Br2N3O3/c1-3-7-27-18-16(20)8-13(9-17(18)21)11-22-24-19(26)14-5-4-6-15(10-14)23-12(2)25/h3-6,8-11H,1,7H2,2H3,(H,23,25)(H,24,26). The topological polar surface area (TPSA) is 79.8 Å². The molecule has 2 N–H and O–H groups in total. The molecular weight excluding hydrogens is 478 g/mol. The molecule has 0 radical (unpaired) electrons. The van der Waals surface area contributed by atoms with E-state index >= 15 is 0 Å². The summed E-state index contributed by atoms with van der Waals surface area (Å²) in [6, 6.07) is 10.2. The Bertz CT molecular complexity index is 875. The lowest BCUT2D eigenvalue weighted by molar-refractivity contribution is -0.114. The van der Waals surface area contributed by atoms with Crippen LogP contribution in [0, 0.1) is 0 Å². The highest BCUT2D eigenvalue weighted by atomic mass is 79.9. The number of carbonyl (C=O) groups is 2. The summed E-state index contributed by atoms with van der Waals surface area (Å²) in [4.78, 5) is 23.3. The highest BCUT2D eigenvalue weighted by Crippen LogP contribution is 2.34. The van der Waals surface area contributed by atoms with Gasteiger partial charge in [0.2, 0.25) is 5.91 Å². The van der Waals surface area contributed by atoms with Crippen molar-refractivity contribution in [1.82, 2.24) is 5.43 Å². The first-order chi connectivity index (χ1) is 12.9. The minimum Gasteiger partial charge on any atom is -0.487 e. The number of hydrogen-bond donors (Lipinski definition) is 2. The smallest absolute Gasteiger partial charge is 0.271 e. The summed E-state index contributed by atoms with van der Waals surface area (Å²) in [5.74, 6) is 0.0654. The Balaban J connectivity index is 2.05. The number of carbonyl (C=O) groups excluding carboxylic acids is 2. The molecule has 0 spiro atoms. The number of amides is 2. The number of hydrogen-bond acceptors (Lipinski definition) is 4. The van der Waals surface area contributed by atoms with Crippen molar-refractivity contribution in [2.24, 2.45) is 5.10 Å². The van der Waals surface area contributed by atoms with Crippen molar-refractivity contribution in [3.8, 4) is 5.75 Å². The predicted octanol–water partition coefficient (Wildman–Crippen LogP) is 4.50. The SMILES string of the molecule is C=CCOc1c(Br)cc(C=NNC(=O)c2cccc(NC(C)=O)c2)cc1Br. The van der Waals surface area contributed by atoms with Crippen molar-refractivity contribution in [3.63, 3.8) is 0 Å². The van der Waals surface area contributed by atoms with Crippen molar-refractivity contribution in [3.05, 3.63) is 69.1 Å². The number of benzene rings is 2. The van der Waals surface area contributed by atoms with Gasteiger partial charge < -0.3 is 10.1 Å². The Morgan fingerprint density at radius 3 is 2.56 bits per heavy atom. The van der Waals surface area contributed by atoms with Crippen LogP contribution in [0.1, 0.15) is 22.8 Å². The first kappa shape index (κ1) is 20.9. The van der Waals surface area contributed by atoms with Gasteiger partial charge in [-0.25, -0.2) is 5.43 Å². The number of nitrogens with one attached hydrogen (secondary N) is 2. The van der Waals surface area contributed by atoms with Crippen LogP contribution in [0.5, 0.6) is 5.75 Å². The van der Waals surface area contributed by atoms with E-state index in [1.807, 2.05) is 12.1 Å². The molecular formula is C19H17Br2N3O3. The number of ether oxygens (including phenoxy) is 1. The number of anilines is 1. The van der Waals surface area contributed by atoms with Gasteiger partial charge in [0.1, 0.15) is 12.4 Å². The lowest BCUT2D eigenvalue weighted by Crippen LogP contribution is -2.18. The van der Waals surface area contributed by atoms with Crippen molar-refractivity contribution in [2.45, 2.75) is 6.92 Å². The summed E-state index contributed by atoms with van der Waals surface area (Å²) in [6.07, 6.45) is 3.17. The molecule has 0 fully saturated rings. The maximum Gasteiger partial charge on any atom is 0.271 e. The third-order valence-corrected chi connectivity index (χ3v) is 4.37. The van der Waals surface area contributed by atoms with Gasteiger partial charge in [0.05, 0.1) is 15.2 Å². The zero-order chi connectivity index (χ0) is 19.8. The van der Waals surface area contributed by atoms with E-state index in [0.29, 0.717) is 23.6 Å². The van der Waals surface area contributed by atoms with E-state index in [1.165, 1.54) is 13.1 Å². The molecule has 27 heavy (non-hydrogen) atoms. The van der Waals surface area contributed by atoms with Crippen LogP contribution in [0.3, 0.4) is 0 Å². The maximum absolute atomic E-state index is 12.2. The van der Waals surface area contributed by atoms with Gasteiger partial charge in [-0.1, -0.05) is 18.7 Å². The van der Waals surface area contributed by atoms with Crippen LogP contribution in [0.15, 0.2) is 63.1 Å². The fraction of sp³-hybridized carbons (Fsp3) is 0.105. The van der Waals surface area contributed by atoms with Crippen LogP contribution in [-0.4, -0.2) is 24.6 Å². The quantitative estimate of drug-likeness (QED) is 0.338. The van der Waals surface area contributed by atoms with Crippen LogP contribution >= 0.6 is 31.9 Å². The van der Waals surface area contributed by atoms with Gasteiger partial charge >= 0.3 is 0 Å². The Hall–Kier alpha value is -2.45. The van der Waals surface area contributed by atoms with Gasteiger partial charge in [0, 0.05) is 18.2 Å². The van der Waals surface area contributed by atoms with Crippen LogP contribution in [0.25, 0.3) is 0 Å². The van der Waals surface area contributed by atoms with Gasteiger partial charge in [-0.2, -0.15) is 5.10 Å². The van der Waals surface area contributed by atoms with Crippen LogP contribution in [-0.2, 0) is 4.79 Å². The second-order valence-electron chi connectivity index (χ2n) is 5.37. The maximum atomic E-state index is 12.2. The van der Waals surface area contributed by atoms with Gasteiger partial charge in [-0.15, -0.1) is 0 Å². The van der Waals surface area contributed by atoms with E-state index < -0.39 is 0 Å². The average molecular weight is 495 g/mol. The van der Waals surface area contributed by atoms with Crippen molar-refractivity contribution in [1.29, 1.82) is 0 Å². The number of hydrazone groups is 1. The molecule has 0 aliphatic rings. The molecule has 0 bridgehead atoms. The predicted molar refractivity (Wildman–Crippen MR) is 113 cm³/mol. The van der Waals surface area contributed by atoms with E-state index in [2.05, 4.69) is 54.3 Å². The first-order valence-corrected chi connectivity index (χ1v) is 9.43. The summed E-state index contributed by atoms with van der Waals surface area (Å²) in [5, 5.41) is 6.60. The minimum atomic E-state index is -0.387. The molecule has 0 atom stereocenters. The average Bonchev–Trinajstić information content (AvgIpc) is 2.60. The largest absolute Gasteiger partial charge is 0.487 e. The van der Waals surface area contributed by atoms with Gasteiger partial charge in [0.25, 0.3) is 5.91 Å². The van der Waals surface area contributed by atoms with E-state index in [-0.39, 0.29) is 11.8 Å². The lowest BCUT2D eigenvalue weighted by atomic mass is 10.2. The van der Waals surface area contributed by atoms with Crippen LogP contribution in [0.2, 0.25) is 0 Å². The van der Waals surface area contributed by atoms with Crippen LogP contribution in [0.4, 0.5) is 5.69 Å². The Labute approximate surface area is 173 Å². The zero-order valence-corrected chi connectivity index (χ0v) is 17.6. The molecule has 2 rings (SSSR count). The Kier molecular flexibility index (Phi) is 7.75. The van der Waals surface area contributed by atoms with E-state index in [4.69, 9.17) is 4.74 Å². The molecule has 0 aliphatic heterocycles. The molecule has 8 heteroatoms. The second kappa shape index (κ2) is 10.0. The third kappa shape index (κ3) is 6.33. The molecule has 2 aromatic carbocycles. The molecule has 6 nitrogen and oxygen atoms in total. The first-order valence-electron chi connectivity index (χ1n) is 7.84. The summed E-state index contributed by atoms with van der Waals surface area (Å²) in [7, 11) is 0. The molecule has 0 unspecified atom stereocenters. The molecule has 2 aromatic rings. The molecule has 0 saturated heterocycles. The van der Waals surface area contributed by atoms with Crippen molar-refractivity contribution >= 4 is 55.6 Å². The Morgan fingerprint density at radius 1 is 1.22 bits per heavy atom. The summed E-state index contributed by atoms with van der Waals surface area (Å²) >= 11 is 6.88. The van der Waals surface area contributed by atoms with Crippen LogP contribution < -0.4 is 15.5 Å². The molecule has 0 heterocycles. The zero-order valence-electron chi connectivity index (χ0n) is 14.5. The van der Waals surface area contributed by atoms with Gasteiger partial charge in [0.15, 0.2) is 0 Å². The number of halogens is 2. The second-order valence-corrected chi connectivity index (χ2v) is 7.08.